The number of hydrogen-bond donors (Lipinski definition) is 3. The summed E-state index contributed by atoms with van der Waals surface area (Å²) in [6, 6.07) is -0.0972. The molecule has 0 aromatic heterocycles. The van der Waals surface area contributed by atoms with Crippen LogP contribution in [0.3, 0.4) is 0 Å². The van der Waals surface area contributed by atoms with E-state index in [1.165, 1.54) is 0 Å². The van der Waals surface area contributed by atoms with Gasteiger partial charge in [0.05, 0.1) is 0 Å². The number of amides is 2. The molecule has 2 amide bonds. The maximum absolute atomic E-state index is 10.7. The summed E-state index contributed by atoms with van der Waals surface area (Å²) in [4.78, 5) is 20.9. The average molecular weight is 172 g/mol. The van der Waals surface area contributed by atoms with Crippen molar-refractivity contribution in [3.63, 3.8) is 0 Å². The molecule has 12 heavy (non-hydrogen) atoms. The smallest absolute Gasteiger partial charge is 0.404 e. The van der Waals surface area contributed by atoms with Gasteiger partial charge >= 0.3 is 6.09 Å². The second-order valence-electron chi connectivity index (χ2n) is 3.06. The van der Waals surface area contributed by atoms with Crippen molar-refractivity contribution < 1.29 is 14.7 Å². The van der Waals surface area contributed by atoms with Gasteiger partial charge in [-0.1, -0.05) is 0 Å². The number of rotatable bonds is 2. The first-order valence-corrected chi connectivity index (χ1v) is 3.88. The number of nitrogens with one attached hydrogen (secondary N) is 1. The predicted molar refractivity (Wildman–Crippen MR) is 41.5 cm³/mol. The summed E-state index contributed by atoms with van der Waals surface area (Å²) >= 11 is 0. The lowest BCUT2D eigenvalue weighted by Crippen LogP contribution is -2.32. The molecule has 68 valence electrons. The molecule has 5 nitrogen and oxygen atoms in total. The highest BCUT2D eigenvalue weighted by Crippen LogP contribution is 2.24. The van der Waals surface area contributed by atoms with Gasteiger partial charge in [0.25, 0.3) is 0 Å². The van der Waals surface area contributed by atoms with Crippen LogP contribution < -0.4 is 11.1 Å². The van der Waals surface area contributed by atoms with Gasteiger partial charge in [-0.05, 0) is 19.3 Å². The summed E-state index contributed by atoms with van der Waals surface area (Å²) in [6.07, 6.45) is 0.909. The van der Waals surface area contributed by atoms with E-state index >= 15 is 0 Å². The molecule has 5 heteroatoms. The van der Waals surface area contributed by atoms with E-state index in [0.717, 1.165) is 0 Å². The zero-order valence-electron chi connectivity index (χ0n) is 6.62. The minimum atomic E-state index is -1.04. The van der Waals surface area contributed by atoms with Crippen molar-refractivity contribution in [3.8, 4) is 0 Å². The predicted octanol–water partition coefficient (Wildman–Crippen LogP) is -0.0920. The Morgan fingerprint density at radius 3 is 2.50 bits per heavy atom. The Labute approximate surface area is 69.9 Å². The molecule has 4 N–H and O–H groups in total. The Morgan fingerprint density at radius 1 is 1.42 bits per heavy atom. The van der Waals surface area contributed by atoms with E-state index in [1.807, 2.05) is 0 Å². The molecule has 0 heterocycles. The maximum atomic E-state index is 10.7. The van der Waals surface area contributed by atoms with Crippen LogP contribution >= 0.6 is 0 Å². The Kier molecular flexibility index (Phi) is 2.52. The van der Waals surface area contributed by atoms with Crippen LogP contribution in [0.4, 0.5) is 4.79 Å². The molecule has 1 fully saturated rings. The van der Waals surface area contributed by atoms with E-state index in [9.17, 15) is 9.59 Å². The van der Waals surface area contributed by atoms with Gasteiger partial charge in [-0.2, -0.15) is 0 Å². The van der Waals surface area contributed by atoms with Gasteiger partial charge in [-0.15, -0.1) is 0 Å². The average Bonchev–Trinajstić information content (AvgIpc) is 2.34. The summed E-state index contributed by atoms with van der Waals surface area (Å²) in [7, 11) is 0. The first kappa shape index (κ1) is 8.83. The van der Waals surface area contributed by atoms with Gasteiger partial charge in [-0.3, -0.25) is 4.79 Å². The Hall–Kier alpha value is -1.26. The van der Waals surface area contributed by atoms with Crippen molar-refractivity contribution in [3.05, 3.63) is 0 Å². The molecule has 0 saturated heterocycles. The Bertz CT molecular complexity index is 205. The summed E-state index contributed by atoms with van der Waals surface area (Å²) < 4.78 is 0. The lowest BCUT2D eigenvalue weighted by atomic mass is 10.1. The quantitative estimate of drug-likeness (QED) is 0.543. The molecule has 1 aliphatic rings. The number of primary amides is 1. The van der Waals surface area contributed by atoms with Crippen LogP contribution in [-0.2, 0) is 4.79 Å². The fourth-order valence-electron chi connectivity index (χ4n) is 1.55. The van der Waals surface area contributed by atoms with Crippen molar-refractivity contribution in [2.24, 2.45) is 11.7 Å². The number of carbonyl (C=O) groups is 2. The largest absolute Gasteiger partial charge is 0.465 e. The van der Waals surface area contributed by atoms with Crippen LogP contribution in [0.1, 0.15) is 19.3 Å². The van der Waals surface area contributed by atoms with Crippen LogP contribution in [0.25, 0.3) is 0 Å². The van der Waals surface area contributed by atoms with Crippen LogP contribution in [-0.4, -0.2) is 23.1 Å². The SMILES string of the molecule is NC(=O)[C@H]1CC[C@@H](NC(=O)O)C1. The standard InChI is InChI=1S/C7H12N2O3/c8-6(10)4-1-2-5(3-4)9-7(11)12/h4-5,9H,1-3H2,(H2,8,10)(H,11,12)/t4-,5+/m0/s1. The zero-order chi connectivity index (χ0) is 9.14. The van der Waals surface area contributed by atoms with E-state index in [-0.39, 0.29) is 17.9 Å². The van der Waals surface area contributed by atoms with Gasteiger partial charge in [0.1, 0.15) is 0 Å². The highest BCUT2D eigenvalue weighted by atomic mass is 16.4. The van der Waals surface area contributed by atoms with Gasteiger partial charge in [0.15, 0.2) is 0 Å². The second kappa shape index (κ2) is 3.42. The second-order valence-corrected chi connectivity index (χ2v) is 3.06. The van der Waals surface area contributed by atoms with Crippen LogP contribution in [0.15, 0.2) is 0 Å². The van der Waals surface area contributed by atoms with E-state index in [0.29, 0.717) is 19.3 Å². The molecule has 0 spiro atoms. The summed E-state index contributed by atoms with van der Waals surface area (Å²) in [5, 5.41) is 10.7. The Balaban J connectivity index is 2.35. The molecule has 0 aromatic carbocycles. The van der Waals surface area contributed by atoms with Crippen molar-refractivity contribution in [1.29, 1.82) is 0 Å². The minimum Gasteiger partial charge on any atom is -0.465 e. The van der Waals surface area contributed by atoms with Gasteiger partial charge in [0, 0.05) is 12.0 Å². The summed E-state index contributed by atoms with van der Waals surface area (Å²) in [5.41, 5.74) is 5.08. The lowest BCUT2D eigenvalue weighted by Gasteiger charge is -2.08. The summed E-state index contributed by atoms with van der Waals surface area (Å²) in [5.74, 6) is -0.480. The number of carboxylic acid groups (broad SMARTS) is 1. The van der Waals surface area contributed by atoms with Crippen LogP contribution in [0.5, 0.6) is 0 Å². The van der Waals surface area contributed by atoms with Gasteiger partial charge in [0.2, 0.25) is 5.91 Å². The number of carbonyl (C=O) groups excluding carboxylic acids is 1. The normalized spacial score (nSPS) is 28.3. The molecule has 2 atom stereocenters. The number of hydrogen-bond acceptors (Lipinski definition) is 2. The third-order valence-electron chi connectivity index (χ3n) is 2.16. The van der Waals surface area contributed by atoms with Gasteiger partial charge < -0.3 is 16.2 Å². The summed E-state index contributed by atoms with van der Waals surface area (Å²) in [6.45, 7) is 0. The highest BCUT2D eigenvalue weighted by Gasteiger charge is 2.28. The van der Waals surface area contributed by atoms with Crippen LogP contribution in [0.2, 0.25) is 0 Å². The minimum absolute atomic E-state index is 0.0972. The van der Waals surface area contributed by atoms with Gasteiger partial charge in [-0.25, -0.2) is 4.79 Å². The van der Waals surface area contributed by atoms with E-state index < -0.39 is 6.09 Å². The van der Waals surface area contributed by atoms with Crippen molar-refractivity contribution in [2.75, 3.05) is 0 Å². The molecular formula is C7H12N2O3. The maximum Gasteiger partial charge on any atom is 0.404 e. The molecule has 1 aliphatic carbocycles. The van der Waals surface area contributed by atoms with E-state index in [2.05, 4.69) is 5.32 Å². The molecular weight excluding hydrogens is 160 g/mol. The van der Waals surface area contributed by atoms with Crippen molar-refractivity contribution in [1.82, 2.24) is 5.32 Å². The van der Waals surface area contributed by atoms with Crippen LogP contribution in [0, 0.1) is 5.92 Å². The van der Waals surface area contributed by atoms with E-state index in [4.69, 9.17) is 10.8 Å². The zero-order valence-corrected chi connectivity index (χ0v) is 6.62. The monoisotopic (exact) mass is 172 g/mol. The fraction of sp³-hybridized carbons (Fsp3) is 0.714. The first-order valence-electron chi connectivity index (χ1n) is 3.88. The lowest BCUT2D eigenvalue weighted by molar-refractivity contribution is -0.121. The highest BCUT2D eigenvalue weighted by molar-refractivity contribution is 5.77. The molecule has 0 unspecified atom stereocenters. The third kappa shape index (κ3) is 2.11. The van der Waals surface area contributed by atoms with Crippen molar-refractivity contribution >= 4 is 12.0 Å². The molecule has 0 bridgehead atoms. The number of nitrogens with two attached hydrogens (primary N) is 1. The van der Waals surface area contributed by atoms with Crippen molar-refractivity contribution in [2.45, 2.75) is 25.3 Å². The molecule has 1 saturated carbocycles. The first-order chi connectivity index (χ1) is 5.59. The third-order valence-corrected chi connectivity index (χ3v) is 2.16. The molecule has 0 aliphatic heterocycles. The topological polar surface area (TPSA) is 92.4 Å². The fourth-order valence-corrected chi connectivity index (χ4v) is 1.55. The Morgan fingerprint density at radius 2 is 2.08 bits per heavy atom. The molecule has 0 radical (unpaired) electrons. The molecule has 0 aromatic rings. The van der Waals surface area contributed by atoms with E-state index in [1.54, 1.807) is 0 Å². The molecule has 1 rings (SSSR count).